The average molecular weight is 397 g/mol. The van der Waals surface area contributed by atoms with E-state index in [1.807, 2.05) is 30.3 Å². The summed E-state index contributed by atoms with van der Waals surface area (Å²) in [5, 5.41) is 6.95. The number of thiophene rings is 1. The van der Waals surface area contributed by atoms with Crippen LogP contribution in [0.5, 0.6) is 0 Å². The van der Waals surface area contributed by atoms with Gasteiger partial charge in [0.1, 0.15) is 5.00 Å². The number of benzene rings is 1. The summed E-state index contributed by atoms with van der Waals surface area (Å²) < 4.78 is 0. The van der Waals surface area contributed by atoms with E-state index in [4.69, 9.17) is 0 Å². The number of carbonyl (C=O) groups excluding carboxylic acids is 2. The van der Waals surface area contributed by atoms with Crippen LogP contribution >= 0.6 is 11.3 Å². The molecule has 0 unspecified atom stereocenters. The van der Waals surface area contributed by atoms with E-state index >= 15 is 0 Å². The third kappa shape index (κ3) is 4.30. The predicted octanol–water partition coefficient (Wildman–Crippen LogP) is 5.08. The number of anilines is 1. The highest BCUT2D eigenvalue weighted by Crippen LogP contribution is 2.39. The number of rotatable bonds is 5. The quantitative estimate of drug-likeness (QED) is 0.741. The molecule has 2 amide bonds. The van der Waals surface area contributed by atoms with Crippen molar-refractivity contribution in [2.24, 2.45) is 5.92 Å². The van der Waals surface area contributed by atoms with Crippen LogP contribution in [0.3, 0.4) is 0 Å². The summed E-state index contributed by atoms with van der Waals surface area (Å²) in [5.74, 6) is 0.116. The third-order valence-electron chi connectivity index (χ3n) is 5.91. The molecule has 1 heterocycles. The molecule has 2 N–H and O–H groups in total. The molecule has 0 aliphatic heterocycles. The number of fused-ring (bicyclic) bond motifs is 1. The summed E-state index contributed by atoms with van der Waals surface area (Å²) >= 11 is 1.61. The van der Waals surface area contributed by atoms with Gasteiger partial charge in [-0.2, -0.15) is 0 Å². The van der Waals surface area contributed by atoms with Gasteiger partial charge in [-0.3, -0.25) is 9.59 Å². The minimum atomic E-state index is -0.0674. The van der Waals surface area contributed by atoms with Gasteiger partial charge in [0.15, 0.2) is 0 Å². The lowest BCUT2D eigenvalue weighted by atomic mass is 9.88. The van der Waals surface area contributed by atoms with E-state index < -0.39 is 0 Å². The number of aryl methyl sites for hydroxylation is 1. The minimum Gasteiger partial charge on any atom is -0.348 e. The maximum Gasteiger partial charge on any atom is 0.254 e. The van der Waals surface area contributed by atoms with E-state index in [9.17, 15) is 9.59 Å². The first-order valence-corrected chi connectivity index (χ1v) is 11.3. The minimum absolute atomic E-state index is 0.0674. The molecule has 5 heteroatoms. The second-order valence-electron chi connectivity index (χ2n) is 7.91. The van der Waals surface area contributed by atoms with E-state index in [0.29, 0.717) is 12.1 Å². The normalized spacial score (nSPS) is 17.0. The Balaban J connectivity index is 1.53. The highest BCUT2D eigenvalue weighted by Gasteiger charge is 2.28. The third-order valence-corrected chi connectivity index (χ3v) is 7.11. The molecule has 1 saturated carbocycles. The monoisotopic (exact) mass is 396 g/mol. The standard InChI is InChI=1S/C23H28N2O2S/c26-21(17-11-5-2-6-12-17)25-23-20(18-13-7-8-14-19(18)28-23)22(27)24-15-16-9-3-1-4-10-16/h1,3-4,9-10,17H,2,5-8,11-15H2,(H,24,27)(H,25,26). The number of carbonyl (C=O) groups is 2. The first-order chi connectivity index (χ1) is 13.7. The van der Waals surface area contributed by atoms with Crippen molar-refractivity contribution >= 4 is 28.2 Å². The van der Waals surface area contributed by atoms with Crippen molar-refractivity contribution in [2.75, 3.05) is 5.32 Å². The molecule has 0 bridgehead atoms. The van der Waals surface area contributed by atoms with E-state index in [2.05, 4.69) is 10.6 Å². The van der Waals surface area contributed by atoms with Crippen LogP contribution in [-0.4, -0.2) is 11.8 Å². The lowest BCUT2D eigenvalue weighted by molar-refractivity contribution is -0.120. The summed E-state index contributed by atoms with van der Waals surface area (Å²) in [6.45, 7) is 0.500. The van der Waals surface area contributed by atoms with Crippen molar-refractivity contribution in [3.05, 3.63) is 51.9 Å². The summed E-state index contributed by atoms with van der Waals surface area (Å²) in [5.41, 5.74) is 2.94. The van der Waals surface area contributed by atoms with E-state index in [1.54, 1.807) is 11.3 Å². The maximum absolute atomic E-state index is 13.1. The van der Waals surface area contributed by atoms with Crippen LogP contribution in [0.4, 0.5) is 5.00 Å². The van der Waals surface area contributed by atoms with E-state index in [1.165, 1.54) is 11.3 Å². The van der Waals surface area contributed by atoms with Crippen molar-refractivity contribution < 1.29 is 9.59 Å². The Bertz CT molecular complexity index is 838. The van der Waals surface area contributed by atoms with Crippen LogP contribution < -0.4 is 10.6 Å². The fourth-order valence-corrected chi connectivity index (χ4v) is 5.63. The molecule has 2 aliphatic rings. The van der Waals surface area contributed by atoms with Gasteiger partial charge in [-0.05, 0) is 49.7 Å². The topological polar surface area (TPSA) is 58.2 Å². The molecular weight excluding hydrogens is 368 g/mol. The van der Waals surface area contributed by atoms with E-state index in [0.717, 1.165) is 67.5 Å². The molecular formula is C23H28N2O2S. The summed E-state index contributed by atoms with van der Waals surface area (Å²) in [6.07, 6.45) is 9.63. The number of nitrogens with one attached hydrogen (secondary N) is 2. The number of amides is 2. The van der Waals surface area contributed by atoms with E-state index in [-0.39, 0.29) is 17.7 Å². The van der Waals surface area contributed by atoms with Crippen LogP contribution in [0.25, 0.3) is 0 Å². The number of hydrogen-bond acceptors (Lipinski definition) is 3. The highest BCUT2D eigenvalue weighted by atomic mass is 32.1. The van der Waals surface area contributed by atoms with Crippen molar-refractivity contribution in [2.45, 2.75) is 64.3 Å². The molecule has 0 saturated heterocycles. The van der Waals surface area contributed by atoms with Gasteiger partial charge in [-0.1, -0.05) is 49.6 Å². The average Bonchev–Trinajstić information content (AvgIpc) is 3.11. The van der Waals surface area contributed by atoms with Gasteiger partial charge in [0.05, 0.1) is 5.56 Å². The van der Waals surface area contributed by atoms with Gasteiger partial charge in [-0.25, -0.2) is 0 Å². The summed E-state index contributed by atoms with van der Waals surface area (Å²) in [7, 11) is 0. The van der Waals surface area contributed by atoms with Gasteiger partial charge in [0.2, 0.25) is 5.91 Å². The smallest absolute Gasteiger partial charge is 0.254 e. The van der Waals surface area contributed by atoms with Crippen molar-refractivity contribution in [3.8, 4) is 0 Å². The highest BCUT2D eigenvalue weighted by molar-refractivity contribution is 7.17. The molecule has 0 radical (unpaired) electrons. The molecule has 0 atom stereocenters. The molecule has 0 spiro atoms. The van der Waals surface area contributed by atoms with Crippen LogP contribution in [0.1, 0.15) is 71.3 Å². The van der Waals surface area contributed by atoms with Gasteiger partial charge < -0.3 is 10.6 Å². The molecule has 1 fully saturated rings. The fraction of sp³-hybridized carbons (Fsp3) is 0.478. The van der Waals surface area contributed by atoms with Gasteiger partial charge in [0, 0.05) is 17.3 Å². The molecule has 148 valence electrons. The molecule has 1 aromatic carbocycles. The summed E-state index contributed by atoms with van der Waals surface area (Å²) in [4.78, 5) is 27.1. The molecule has 28 heavy (non-hydrogen) atoms. The van der Waals surface area contributed by atoms with Gasteiger partial charge in [-0.15, -0.1) is 11.3 Å². The summed E-state index contributed by atoms with van der Waals surface area (Å²) in [6, 6.07) is 9.94. The Morgan fingerprint density at radius 2 is 1.71 bits per heavy atom. The zero-order valence-electron chi connectivity index (χ0n) is 16.3. The molecule has 2 aliphatic carbocycles. The van der Waals surface area contributed by atoms with Crippen molar-refractivity contribution in [3.63, 3.8) is 0 Å². The predicted molar refractivity (Wildman–Crippen MR) is 114 cm³/mol. The zero-order chi connectivity index (χ0) is 19.3. The Labute approximate surface area is 170 Å². The van der Waals surface area contributed by atoms with Gasteiger partial charge in [0.25, 0.3) is 5.91 Å². The van der Waals surface area contributed by atoms with Crippen molar-refractivity contribution in [1.29, 1.82) is 0 Å². The fourth-order valence-electron chi connectivity index (χ4n) is 4.34. The zero-order valence-corrected chi connectivity index (χ0v) is 17.1. The Hall–Kier alpha value is -2.14. The maximum atomic E-state index is 13.1. The Morgan fingerprint density at radius 3 is 2.50 bits per heavy atom. The van der Waals surface area contributed by atoms with Crippen molar-refractivity contribution in [1.82, 2.24) is 5.32 Å². The van der Waals surface area contributed by atoms with Crippen LogP contribution in [0.2, 0.25) is 0 Å². The number of hydrogen-bond donors (Lipinski definition) is 2. The van der Waals surface area contributed by atoms with Gasteiger partial charge >= 0.3 is 0 Å². The first-order valence-electron chi connectivity index (χ1n) is 10.5. The largest absolute Gasteiger partial charge is 0.348 e. The lowest BCUT2D eigenvalue weighted by Gasteiger charge is -2.20. The van der Waals surface area contributed by atoms with Crippen LogP contribution in [0.15, 0.2) is 30.3 Å². The first kappa shape index (κ1) is 19.2. The second kappa shape index (κ2) is 8.91. The Kier molecular flexibility index (Phi) is 6.10. The molecule has 4 rings (SSSR count). The molecule has 2 aromatic rings. The SMILES string of the molecule is O=C(NCc1ccccc1)c1c(NC(=O)C2CCCCC2)sc2c1CCCC2. The second-order valence-corrected chi connectivity index (χ2v) is 9.01. The lowest BCUT2D eigenvalue weighted by Crippen LogP contribution is -2.28. The molecule has 4 nitrogen and oxygen atoms in total. The van der Waals surface area contributed by atoms with Crippen LogP contribution in [-0.2, 0) is 24.2 Å². The molecule has 1 aromatic heterocycles. The van der Waals surface area contributed by atoms with Crippen LogP contribution in [0, 0.1) is 5.92 Å². The Morgan fingerprint density at radius 1 is 0.964 bits per heavy atom.